The van der Waals surface area contributed by atoms with E-state index in [2.05, 4.69) is 4.98 Å². The van der Waals surface area contributed by atoms with Gasteiger partial charge in [-0.15, -0.1) is 0 Å². The molecular formula is C26H21F2N3O3S. The van der Waals surface area contributed by atoms with Crippen LogP contribution in [0.15, 0.2) is 76.7 Å². The number of hydrogen-bond donors (Lipinski definition) is 0. The number of carbonyl (C=O) groups excluding carboxylic acids is 1. The number of carbonyl (C=O) groups is 1. The molecule has 35 heavy (non-hydrogen) atoms. The zero-order chi connectivity index (χ0) is 24.4. The molecule has 6 nitrogen and oxygen atoms in total. The quantitative estimate of drug-likeness (QED) is 0.304. The van der Waals surface area contributed by atoms with E-state index in [0.717, 1.165) is 11.8 Å². The highest BCUT2D eigenvalue weighted by atomic mass is 32.2. The molecule has 1 amide bonds. The molecule has 178 valence electrons. The number of aromatic nitrogens is 2. The molecule has 1 aromatic heterocycles. The molecule has 0 radical (unpaired) electrons. The average Bonchev–Trinajstić information content (AvgIpc) is 2.88. The molecule has 0 N–H and O–H groups in total. The van der Waals surface area contributed by atoms with Crippen molar-refractivity contribution in [2.75, 3.05) is 26.3 Å². The molecule has 2 heterocycles. The molecular weight excluding hydrogens is 472 g/mol. The summed E-state index contributed by atoms with van der Waals surface area (Å²) in [6, 6.07) is 16.8. The van der Waals surface area contributed by atoms with Gasteiger partial charge in [-0.05, 0) is 48.0 Å². The lowest BCUT2D eigenvalue weighted by Crippen LogP contribution is -2.40. The highest BCUT2D eigenvalue weighted by Gasteiger charge is 2.21. The standard InChI is InChI=1S/C26H21F2N3O3S/c27-19-5-3-6-20(15-19)31-25(33)21-9-8-17(24(32)30-10-12-34-13-11-30)14-23(21)29-26(31)35-16-18-4-1-2-7-22(18)28/h1-9,14-15H,10-13,16H2. The highest BCUT2D eigenvalue weighted by molar-refractivity contribution is 7.98. The monoisotopic (exact) mass is 493 g/mol. The Morgan fingerprint density at radius 2 is 1.80 bits per heavy atom. The maximum atomic E-state index is 14.2. The van der Waals surface area contributed by atoms with Crippen LogP contribution in [0.2, 0.25) is 0 Å². The molecule has 0 unspecified atom stereocenters. The Hall–Kier alpha value is -3.56. The van der Waals surface area contributed by atoms with E-state index in [4.69, 9.17) is 4.74 Å². The summed E-state index contributed by atoms with van der Waals surface area (Å²) in [6.07, 6.45) is 0. The summed E-state index contributed by atoms with van der Waals surface area (Å²) in [4.78, 5) is 32.8. The summed E-state index contributed by atoms with van der Waals surface area (Å²) in [7, 11) is 0. The first-order valence-corrected chi connectivity index (χ1v) is 12.1. The van der Waals surface area contributed by atoms with Gasteiger partial charge < -0.3 is 9.64 Å². The Labute approximate surface area is 204 Å². The second kappa shape index (κ2) is 9.97. The number of halogens is 2. The van der Waals surface area contributed by atoms with E-state index in [1.807, 2.05) is 0 Å². The Morgan fingerprint density at radius 1 is 1.00 bits per heavy atom. The minimum absolute atomic E-state index is 0.160. The van der Waals surface area contributed by atoms with Gasteiger partial charge in [0.15, 0.2) is 5.16 Å². The molecule has 3 aromatic carbocycles. The number of amides is 1. The van der Waals surface area contributed by atoms with Crippen LogP contribution in [0.5, 0.6) is 0 Å². The van der Waals surface area contributed by atoms with E-state index in [1.54, 1.807) is 47.4 Å². The first-order valence-electron chi connectivity index (χ1n) is 11.1. The van der Waals surface area contributed by atoms with Gasteiger partial charge in [-0.2, -0.15) is 0 Å². The van der Waals surface area contributed by atoms with Gasteiger partial charge >= 0.3 is 0 Å². The molecule has 1 fully saturated rings. The minimum atomic E-state index is -0.494. The normalized spacial score (nSPS) is 13.8. The van der Waals surface area contributed by atoms with Crippen molar-refractivity contribution in [1.29, 1.82) is 0 Å². The topological polar surface area (TPSA) is 64.4 Å². The second-order valence-electron chi connectivity index (χ2n) is 8.03. The number of rotatable bonds is 5. The summed E-state index contributed by atoms with van der Waals surface area (Å²) in [5, 5.41) is 0.565. The van der Waals surface area contributed by atoms with Gasteiger partial charge in [-0.3, -0.25) is 14.2 Å². The predicted octanol–water partition coefficient (Wildman–Crippen LogP) is 4.43. The van der Waals surface area contributed by atoms with Gasteiger partial charge in [-0.1, -0.05) is 36.0 Å². The van der Waals surface area contributed by atoms with Gasteiger partial charge in [0.05, 0.1) is 29.8 Å². The van der Waals surface area contributed by atoms with E-state index in [9.17, 15) is 18.4 Å². The van der Waals surface area contributed by atoms with Gasteiger partial charge in [0, 0.05) is 24.4 Å². The molecule has 1 aliphatic heterocycles. The van der Waals surface area contributed by atoms with Crippen LogP contribution in [0.3, 0.4) is 0 Å². The van der Waals surface area contributed by atoms with Crippen LogP contribution in [0, 0.1) is 11.6 Å². The number of nitrogens with zero attached hydrogens (tertiary/aromatic N) is 3. The van der Waals surface area contributed by atoms with Crippen molar-refractivity contribution in [3.63, 3.8) is 0 Å². The molecule has 9 heteroatoms. The van der Waals surface area contributed by atoms with Gasteiger partial charge in [0.25, 0.3) is 11.5 Å². The zero-order valence-electron chi connectivity index (χ0n) is 18.6. The van der Waals surface area contributed by atoms with E-state index in [0.29, 0.717) is 54.0 Å². The van der Waals surface area contributed by atoms with Gasteiger partial charge in [0.2, 0.25) is 0 Å². The van der Waals surface area contributed by atoms with Crippen molar-refractivity contribution in [3.05, 3.63) is 99.8 Å². The maximum Gasteiger partial charge on any atom is 0.266 e. The fourth-order valence-corrected chi connectivity index (χ4v) is 4.94. The molecule has 4 aromatic rings. The Bertz CT molecular complexity index is 1470. The highest BCUT2D eigenvalue weighted by Crippen LogP contribution is 2.26. The largest absolute Gasteiger partial charge is 0.378 e. The van der Waals surface area contributed by atoms with Crippen LogP contribution >= 0.6 is 11.8 Å². The van der Waals surface area contributed by atoms with Crippen molar-refractivity contribution in [1.82, 2.24) is 14.5 Å². The fraction of sp³-hybridized carbons (Fsp3) is 0.192. The SMILES string of the molecule is O=C(c1ccc2c(=O)n(-c3cccc(F)c3)c(SCc3ccccc3F)nc2c1)N1CCOCC1. The van der Waals surface area contributed by atoms with Gasteiger partial charge in [-0.25, -0.2) is 13.8 Å². The molecule has 0 spiro atoms. The van der Waals surface area contributed by atoms with E-state index >= 15 is 0 Å². The Balaban J connectivity index is 1.60. The van der Waals surface area contributed by atoms with Crippen LogP contribution in [0.1, 0.15) is 15.9 Å². The summed E-state index contributed by atoms with van der Waals surface area (Å²) in [5.41, 5.74) is 1.13. The third-order valence-electron chi connectivity index (χ3n) is 5.76. The van der Waals surface area contributed by atoms with Crippen LogP contribution in [-0.4, -0.2) is 46.7 Å². The van der Waals surface area contributed by atoms with Crippen LogP contribution in [0.4, 0.5) is 8.78 Å². The number of ether oxygens (including phenoxy) is 1. The molecule has 0 atom stereocenters. The summed E-state index contributed by atoms with van der Waals surface area (Å²) >= 11 is 1.16. The van der Waals surface area contributed by atoms with Crippen molar-refractivity contribution in [3.8, 4) is 5.69 Å². The number of thioether (sulfide) groups is 1. The van der Waals surface area contributed by atoms with Crippen molar-refractivity contribution >= 4 is 28.6 Å². The van der Waals surface area contributed by atoms with E-state index in [1.165, 1.54) is 28.8 Å². The van der Waals surface area contributed by atoms with Crippen molar-refractivity contribution < 1.29 is 18.3 Å². The third kappa shape index (κ3) is 4.82. The smallest absolute Gasteiger partial charge is 0.266 e. The van der Waals surface area contributed by atoms with Crippen LogP contribution in [-0.2, 0) is 10.5 Å². The van der Waals surface area contributed by atoms with Crippen molar-refractivity contribution in [2.24, 2.45) is 0 Å². The first kappa shape index (κ1) is 23.2. The molecule has 0 aliphatic carbocycles. The van der Waals surface area contributed by atoms with Crippen LogP contribution in [0.25, 0.3) is 16.6 Å². The number of hydrogen-bond acceptors (Lipinski definition) is 5. The lowest BCUT2D eigenvalue weighted by atomic mass is 10.1. The predicted molar refractivity (Wildman–Crippen MR) is 130 cm³/mol. The lowest BCUT2D eigenvalue weighted by molar-refractivity contribution is 0.0303. The fourth-order valence-electron chi connectivity index (χ4n) is 3.94. The third-order valence-corrected chi connectivity index (χ3v) is 6.75. The Kier molecular flexibility index (Phi) is 6.61. The van der Waals surface area contributed by atoms with Gasteiger partial charge in [0.1, 0.15) is 11.6 Å². The number of fused-ring (bicyclic) bond motifs is 1. The summed E-state index contributed by atoms with van der Waals surface area (Å²) < 4.78 is 34.9. The molecule has 0 bridgehead atoms. The van der Waals surface area contributed by atoms with Crippen LogP contribution < -0.4 is 5.56 Å². The first-order chi connectivity index (χ1) is 17.0. The number of benzene rings is 3. The maximum absolute atomic E-state index is 14.2. The van der Waals surface area contributed by atoms with E-state index in [-0.39, 0.29) is 22.6 Å². The zero-order valence-corrected chi connectivity index (χ0v) is 19.4. The summed E-state index contributed by atoms with van der Waals surface area (Å²) in [5.74, 6) is -0.802. The molecule has 5 rings (SSSR count). The average molecular weight is 494 g/mol. The molecule has 1 aliphatic rings. The van der Waals surface area contributed by atoms with E-state index < -0.39 is 11.4 Å². The van der Waals surface area contributed by atoms with Crippen molar-refractivity contribution in [2.45, 2.75) is 10.9 Å². The molecule has 0 saturated carbocycles. The Morgan fingerprint density at radius 3 is 2.57 bits per heavy atom. The molecule has 1 saturated heterocycles. The minimum Gasteiger partial charge on any atom is -0.378 e. The lowest BCUT2D eigenvalue weighted by Gasteiger charge is -2.26. The second-order valence-corrected chi connectivity index (χ2v) is 8.97. The summed E-state index contributed by atoms with van der Waals surface area (Å²) in [6.45, 7) is 1.95. The number of morpholine rings is 1.